The molecule has 2 aromatic rings. The second-order valence-electron chi connectivity index (χ2n) is 28.6. The van der Waals surface area contributed by atoms with Crippen LogP contribution in [0.4, 0.5) is 0 Å². The minimum Gasteiger partial charge on any atom is -0.481 e. The average molecular weight is 1650 g/mol. The summed E-state index contributed by atoms with van der Waals surface area (Å²) in [5.41, 5.74) is 24.7. The van der Waals surface area contributed by atoms with E-state index in [-0.39, 0.29) is 76.6 Å². The second-order valence-corrected chi connectivity index (χ2v) is 29.6. The summed E-state index contributed by atoms with van der Waals surface area (Å²) in [6, 6.07) is -15.4. The van der Waals surface area contributed by atoms with E-state index in [1.165, 1.54) is 18.7 Å². The molecule has 0 bridgehead atoms. The molecule has 0 radical (unpaired) electrons. The van der Waals surface area contributed by atoms with E-state index in [1.54, 1.807) is 46.2 Å². The number of aliphatic carboxylic acids is 4. The van der Waals surface area contributed by atoms with E-state index in [4.69, 9.17) is 28.0 Å². The molecule has 0 aliphatic carbocycles. The maximum atomic E-state index is 14.3. The maximum Gasteiger partial charge on any atom is 0.326 e. The number of hydrogen-bond donors (Lipinski definition) is 24. The summed E-state index contributed by atoms with van der Waals surface area (Å²) >= 11 is 1.23. The van der Waals surface area contributed by atoms with Gasteiger partial charge in [0.05, 0.1) is 25.2 Å². The van der Waals surface area contributed by atoms with Crippen molar-refractivity contribution >= 4 is 129 Å². The lowest BCUT2D eigenvalue weighted by atomic mass is 10.0. The van der Waals surface area contributed by atoms with Crippen LogP contribution in [0.3, 0.4) is 0 Å². The largest absolute Gasteiger partial charge is 0.481 e. The lowest BCUT2D eigenvalue weighted by Gasteiger charge is -2.29. The molecule has 1 heterocycles. The van der Waals surface area contributed by atoms with Crippen molar-refractivity contribution < 1.29 is 117 Å². The van der Waals surface area contributed by atoms with Crippen LogP contribution in [0.25, 0.3) is 10.9 Å². The van der Waals surface area contributed by atoms with Gasteiger partial charge >= 0.3 is 23.9 Å². The van der Waals surface area contributed by atoms with Crippen LogP contribution in [0.2, 0.25) is 0 Å². The van der Waals surface area contributed by atoms with E-state index in [0.717, 1.165) is 24.8 Å². The molecule has 0 saturated carbocycles. The Morgan fingerprint density at radius 1 is 0.426 bits per heavy atom. The van der Waals surface area contributed by atoms with Crippen molar-refractivity contribution in [1.82, 2.24) is 74.1 Å². The van der Waals surface area contributed by atoms with Gasteiger partial charge in [-0.3, -0.25) is 81.5 Å². The Morgan fingerprint density at radius 3 is 1.23 bits per heavy atom. The van der Waals surface area contributed by atoms with Gasteiger partial charge in [0.1, 0.15) is 78.5 Å². The third kappa shape index (κ3) is 37.5. The van der Waals surface area contributed by atoms with E-state index in [0.29, 0.717) is 12.0 Å². The standard InChI is InChI=1S/C72H116N18O24S/c1-35(2)29-50(67(108)78-37(5)59(100)80-44(17-11-13-26-73)62(103)82-47(20-23-55(94)95)65(106)87-51(30-36(3)4)69(110)90-58(39(7)92)71(112)79-38(6)60(101)85-49(72(113)114)21-24-56(96)97)86-64(105)46(19-22-54(76)93)83-68(109)52(32-57(98)99)88-66(107)48(25-28-115-8)84-63(104)45(18-12-14-27-74)81-70(111)53(34-91)89-61(102)42(75)31-40-33-77-43-16-10-9-15-41(40)43/h9-10,15-16,33,35-39,42,44-53,58,77,91-92H,11-14,17-32,34,73-75H2,1-8H3,(H2,76,93)(H,78,108)(H,79,112)(H,80,100)(H,81,111)(H,82,103)(H,83,109)(H,84,104)(H,85,101)(H,86,105)(H,87,106)(H,88,107)(H,89,102)(H,90,110)(H,94,95)(H,96,97)(H,98,99)(H,113,114)/t37-,38-,39?,42-,44-,45-,46-,47-,48-,49-,50-,51-,52-,53-,58-/m0/s1. The molecule has 644 valence electrons. The van der Waals surface area contributed by atoms with Crippen LogP contribution in [0.15, 0.2) is 30.5 Å². The Morgan fingerprint density at radius 2 is 0.800 bits per heavy atom. The normalized spacial score (nSPS) is 15.2. The summed E-state index contributed by atoms with van der Waals surface area (Å²) < 4.78 is 0. The Kier molecular flexibility index (Phi) is 45.4. The fourth-order valence-corrected chi connectivity index (χ4v) is 11.9. The third-order valence-corrected chi connectivity index (χ3v) is 18.4. The molecule has 0 aliphatic rings. The van der Waals surface area contributed by atoms with Gasteiger partial charge in [-0.2, -0.15) is 11.8 Å². The molecule has 115 heavy (non-hydrogen) atoms. The number of amides is 14. The summed E-state index contributed by atoms with van der Waals surface area (Å²) in [5.74, 6) is -21.5. The number of aliphatic hydroxyl groups is 2. The Labute approximate surface area is 668 Å². The molecule has 0 fully saturated rings. The number of carbonyl (C=O) groups excluding carboxylic acids is 14. The smallest absolute Gasteiger partial charge is 0.326 e. The minimum atomic E-state index is -2.02. The van der Waals surface area contributed by atoms with Gasteiger partial charge in [-0.25, -0.2) is 4.79 Å². The molecule has 1 aromatic carbocycles. The Bertz CT molecular complexity index is 3660. The van der Waals surface area contributed by atoms with Crippen LogP contribution in [0, 0.1) is 11.8 Å². The van der Waals surface area contributed by atoms with Crippen molar-refractivity contribution in [2.45, 2.75) is 248 Å². The zero-order valence-corrected chi connectivity index (χ0v) is 66.6. The van der Waals surface area contributed by atoms with Crippen molar-refractivity contribution in [2.75, 3.05) is 31.7 Å². The summed E-state index contributed by atoms with van der Waals surface area (Å²) in [5, 5.41) is 90.9. The number of carbonyl (C=O) groups is 18. The topological polar surface area (TPSA) is 705 Å². The molecule has 1 aromatic heterocycles. The molecule has 0 saturated heterocycles. The number of fused-ring (bicyclic) bond motifs is 1. The first-order valence-corrected chi connectivity index (χ1v) is 39.1. The number of carboxylic acid groups (broad SMARTS) is 4. The molecule has 28 N–H and O–H groups in total. The number of H-pyrrole nitrogens is 1. The predicted molar refractivity (Wildman–Crippen MR) is 415 cm³/mol. The summed E-state index contributed by atoms with van der Waals surface area (Å²) in [6.45, 7) is 9.35. The number of hydrogen-bond acceptors (Lipinski definition) is 24. The number of nitrogens with one attached hydrogen (secondary N) is 14. The number of primary amides is 1. The van der Waals surface area contributed by atoms with Gasteiger partial charge in [-0.05, 0) is 153 Å². The van der Waals surface area contributed by atoms with Crippen molar-refractivity contribution in [2.24, 2.45) is 34.8 Å². The second kappa shape index (κ2) is 52.0. The van der Waals surface area contributed by atoms with Crippen LogP contribution in [0.5, 0.6) is 0 Å². The first-order valence-electron chi connectivity index (χ1n) is 37.7. The highest BCUT2D eigenvalue weighted by Crippen LogP contribution is 2.20. The number of unbranched alkanes of at least 4 members (excludes halogenated alkanes) is 2. The van der Waals surface area contributed by atoms with Crippen LogP contribution in [-0.4, -0.2) is 265 Å². The van der Waals surface area contributed by atoms with Gasteiger partial charge < -0.3 is 128 Å². The highest BCUT2D eigenvalue weighted by Gasteiger charge is 2.39. The number of benzene rings is 1. The van der Waals surface area contributed by atoms with E-state index in [2.05, 4.69) is 74.1 Å². The Hall–Kier alpha value is -10.6. The SMILES string of the molecule is CSCC[C@H](NC(=O)[C@H](CCCCN)NC(=O)[C@H](CO)NC(=O)[C@@H](N)Cc1c[nH]c2ccccc12)C(=O)N[C@@H](CC(=O)O)C(=O)N[C@@H](CCC(N)=O)C(=O)N[C@@H](CC(C)C)C(=O)N[C@@H](C)C(=O)N[C@@H](CCCCN)C(=O)N[C@@H](CCC(=O)O)C(=O)N[C@@H](CC(C)C)C(=O)N[C@H](C(=O)N[C@@H](C)C(=O)N[C@@H](CCC(=O)O)C(=O)O)C(C)O. The first kappa shape index (κ1) is 100. The molecule has 43 heteroatoms. The molecular formula is C72H116N18O24S. The fraction of sp³-hybridized carbons (Fsp3) is 0.639. The highest BCUT2D eigenvalue weighted by atomic mass is 32.2. The van der Waals surface area contributed by atoms with Crippen molar-refractivity contribution in [3.63, 3.8) is 0 Å². The molecule has 14 amide bonds. The molecule has 42 nitrogen and oxygen atoms in total. The number of aromatic nitrogens is 1. The predicted octanol–water partition coefficient (Wildman–Crippen LogP) is -5.59. The first-order chi connectivity index (χ1) is 54.1. The van der Waals surface area contributed by atoms with Crippen LogP contribution in [-0.2, 0) is 92.7 Å². The van der Waals surface area contributed by atoms with Crippen LogP contribution < -0.4 is 92.1 Å². The number of rotatable bonds is 57. The van der Waals surface area contributed by atoms with Gasteiger partial charge in [0, 0.05) is 36.4 Å². The van der Waals surface area contributed by atoms with Crippen molar-refractivity contribution in [3.8, 4) is 0 Å². The number of aromatic amines is 1. The third-order valence-electron chi connectivity index (χ3n) is 17.8. The van der Waals surface area contributed by atoms with Gasteiger partial charge in [0.2, 0.25) is 82.7 Å². The molecule has 2 rings (SSSR count). The monoisotopic (exact) mass is 1650 g/mol. The van der Waals surface area contributed by atoms with Crippen molar-refractivity contribution in [3.05, 3.63) is 36.0 Å². The highest BCUT2D eigenvalue weighted by molar-refractivity contribution is 7.98. The van der Waals surface area contributed by atoms with Crippen LogP contribution >= 0.6 is 11.8 Å². The lowest BCUT2D eigenvalue weighted by molar-refractivity contribution is -0.143. The molecule has 0 aliphatic heterocycles. The summed E-state index contributed by atoms with van der Waals surface area (Å²) in [7, 11) is 0. The fourth-order valence-electron chi connectivity index (χ4n) is 11.4. The number of aliphatic hydroxyl groups excluding tert-OH is 2. The van der Waals surface area contributed by atoms with Gasteiger partial charge in [0.15, 0.2) is 0 Å². The number of para-hydroxylation sites is 1. The van der Waals surface area contributed by atoms with E-state index >= 15 is 0 Å². The average Bonchev–Trinajstić information content (AvgIpc) is 1.68. The van der Waals surface area contributed by atoms with Gasteiger partial charge in [0.25, 0.3) is 0 Å². The number of nitrogens with two attached hydrogens (primary N) is 4. The van der Waals surface area contributed by atoms with E-state index < -0.39 is 261 Å². The number of carboxylic acids is 4. The van der Waals surface area contributed by atoms with Gasteiger partial charge in [-0.1, -0.05) is 45.9 Å². The Balaban J connectivity index is 2.40. The lowest BCUT2D eigenvalue weighted by Crippen LogP contribution is -2.61. The zero-order valence-electron chi connectivity index (χ0n) is 65.8. The molecule has 0 spiro atoms. The molecule has 1 unspecified atom stereocenters. The molecule has 15 atom stereocenters. The quantitative estimate of drug-likeness (QED) is 0.0275. The van der Waals surface area contributed by atoms with E-state index in [1.807, 2.05) is 18.2 Å². The van der Waals surface area contributed by atoms with E-state index in [9.17, 15) is 112 Å². The summed E-state index contributed by atoms with van der Waals surface area (Å²) in [4.78, 5) is 244. The number of thioether (sulfide) groups is 1. The summed E-state index contributed by atoms with van der Waals surface area (Å²) in [6.07, 6.45) is -2.77. The van der Waals surface area contributed by atoms with Crippen LogP contribution in [0.1, 0.15) is 157 Å². The van der Waals surface area contributed by atoms with Crippen molar-refractivity contribution in [1.29, 1.82) is 0 Å². The maximum absolute atomic E-state index is 14.3. The zero-order chi connectivity index (χ0) is 86.9. The minimum absolute atomic E-state index is 0.0419. The van der Waals surface area contributed by atoms with Gasteiger partial charge in [-0.15, -0.1) is 0 Å². The molecular weight excluding hydrogens is 1530 g/mol.